The Morgan fingerprint density at radius 3 is 2.41 bits per heavy atom. The van der Waals surface area contributed by atoms with Crippen LogP contribution in [0.1, 0.15) is 0 Å². The topological polar surface area (TPSA) is 125 Å². The van der Waals surface area contributed by atoms with Gasteiger partial charge in [-0.1, -0.05) is 0 Å². The summed E-state index contributed by atoms with van der Waals surface area (Å²) in [7, 11) is 0. The molecule has 0 bridgehead atoms. The van der Waals surface area contributed by atoms with Crippen LogP contribution in [0.5, 0.6) is 0 Å². The van der Waals surface area contributed by atoms with Crippen LogP contribution < -0.4 is 11.2 Å². The van der Waals surface area contributed by atoms with Gasteiger partial charge in [0.1, 0.15) is 0 Å². The zero-order chi connectivity index (χ0) is 16.9. The fourth-order valence-corrected chi connectivity index (χ4v) is 2.09. The van der Waals surface area contributed by atoms with Gasteiger partial charge >= 0.3 is 17.5 Å². The lowest BCUT2D eigenvalue weighted by atomic mass is 9.95. The summed E-state index contributed by atoms with van der Waals surface area (Å²) in [5.74, 6) is -8.83. The van der Waals surface area contributed by atoms with Crippen molar-refractivity contribution in [1.82, 2.24) is 9.55 Å². The molecule has 1 aliphatic rings. The SMILES string of the molecule is O=c1ccn([C@]2(F)O[C@@](CO)(C(F)F)[C@@H](O)[C@]2(O)F)c(=O)[nH]1. The van der Waals surface area contributed by atoms with Crippen LogP contribution in [-0.4, -0.2) is 55.5 Å². The van der Waals surface area contributed by atoms with Crippen molar-refractivity contribution in [1.29, 1.82) is 0 Å². The normalized spacial score (nSPS) is 38.6. The Labute approximate surface area is 118 Å². The van der Waals surface area contributed by atoms with Crippen LogP contribution in [0.4, 0.5) is 17.6 Å². The summed E-state index contributed by atoms with van der Waals surface area (Å²) >= 11 is 0. The molecule has 0 spiro atoms. The number of halogens is 4. The van der Waals surface area contributed by atoms with E-state index in [0.717, 1.165) is 0 Å². The van der Waals surface area contributed by atoms with E-state index >= 15 is 0 Å². The Morgan fingerprint density at radius 1 is 1.41 bits per heavy atom. The maximum atomic E-state index is 14.7. The molecule has 0 aromatic carbocycles. The highest BCUT2D eigenvalue weighted by atomic mass is 19.3. The molecule has 1 fully saturated rings. The summed E-state index contributed by atoms with van der Waals surface area (Å²) in [5.41, 5.74) is -6.18. The number of H-pyrrole nitrogens is 1. The average molecular weight is 330 g/mol. The van der Waals surface area contributed by atoms with E-state index in [1.165, 1.54) is 4.98 Å². The van der Waals surface area contributed by atoms with Crippen LogP contribution in [0, 0.1) is 0 Å². The quantitative estimate of drug-likeness (QED) is 0.483. The van der Waals surface area contributed by atoms with E-state index in [0.29, 0.717) is 12.3 Å². The van der Waals surface area contributed by atoms with Crippen LogP contribution in [0.15, 0.2) is 21.9 Å². The first-order valence-electron chi connectivity index (χ1n) is 5.73. The summed E-state index contributed by atoms with van der Waals surface area (Å²) < 4.78 is 58.5. The van der Waals surface area contributed by atoms with E-state index in [9.17, 15) is 37.4 Å². The maximum absolute atomic E-state index is 14.7. The summed E-state index contributed by atoms with van der Waals surface area (Å²) in [6.07, 6.45) is -6.71. The minimum atomic E-state index is -4.52. The number of aromatic amines is 1. The molecule has 1 aromatic heterocycles. The molecule has 1 aromatic rings. The number of aromatic nitrogens is 2. The van der Waals surface area contributed by atoms with Gasteiger partial charge in [0.25, 0.3) is 12.0 Å². The predicted octanol–water partition coefficient (Wildman–Crippen LogP) is -1.84. The lowest BCUT2D eigenvalue weighted by Crippen LogP contribution is -2.57. The molecule has 0 radical (unpaired) electrons. The molecule has 2 heterocycles. The van der Waals surface area contributed by atoms with E-state index in [-0.39, 0.29) is 4.57 Å². The Bertz CT molecular complexity index is 690. The van der Waals surface area contributed by atoms with Crippen LogP contribution in [-0.2, 0) is 10.7 Å². The Hall–Kier alpha value is -1.76. The molecular weight excluding hydrogens is 320 g/mol. The summed E-state index contributed by atoms with van der Waals surface area (Å²) in [6.45, 7) is -1.76. The van der Waals surface area contributed by atoms with Gasteiger partial charge in [0, 0.05) is 12.3 Å². The van der Waals surface area contributed by atoms with Gasteiger partial charge in [0.2, 0.25) is 0 Å². The summed E-state index contributed by atoms with van der Waals surface area (Å²) in [6, 6.07) is 0.524. The molecule has 4 atom stereocenters. The number of rotatable bonds is 3. The number of alkyl halides is 4. The number of aliphatic hydroxyl groups excluding tert-OH is 2. The first-order chi connectivity index (χ1) is 10.0. The lowest BCUT2D eigenvalue weighted by molar-refractivity contribution is -0.338. The lowest BCUT2D eigenvalue weighted by Gasteiger charge is -2.29. The van der Waals surface area contributed by atoms with Crippen molar-refractivity contribution in [3.63, 3.8) is 0 Å². The number of nitrogens with zero attached hydrogens (tertiary/aromatic N) is 1. The van der Waals surface area contributed by atoms with Gasteiger partial charge in [-0.05, 0) is 0 Å². The van der Waals surface area contributed by atoms with Crippen molar-refractivity contribution < 1.29 is 37.6 Å². The molecule has 0 saturated carbocycles. The summed E-state index contributed by atoms with van der Waals surface area (Å²) in [4.78, 5) is 23.8. The molecule has 12 heteroatoms. The van der Waals surface area contributed by atoms with Gasteiger partial charge in [-0.25, -0.2) is 22.5 Å². The van der Waals surface area contributed by atoms with Crippen molar-refractivity contribution >= 4 is 0 Å². The van der Waals surface area contributed by atoms with E-state index in [2.05, 4.69) is 4.74 Å². The smallest absolute Gasteiger partial charge is 0.360 e. The van der Waals surface area contributed by atoms with E-state index in [1.54, 1.807) is 0 Å². The first kappa shape index (κ1) is 16.6. The largest absolute Gasteiger partial charge is 0.393 e. The molecule has 22 heavy (non-hydrogen) atoms. The van der Waals surface area contributed by atoms with Gasteiger partial charge in [0.05, 0.1) is 6.61 Å². The molecule has 0 aliphatic carbocycles. The highest BCUT2D eigenvalue weighted by Gasteiger charge is 2.78. The fraction of sp³-hybridized carbons (Fsp3) is 0.600. The van der Waals surface area contributed by atoms with Crippen molar-refractivity contribution in [2.24, 2.45) is 0 Å². The Morgan fingerprint density at radius 2 is 2.00 bits per heavy atom. The maximum Gasteiger partial charge on any atom is 0.360 e. The van der Waals surface area contributed by atoms with Crippen LogP contribution >= 0.6 is 0 Å². The highest BCUT2D eigenvalue weighted by molar-refractivity contribution is 5.10. The second-order valence-corrected chi connectivity index (χ2v) is 4.63. The average Bonchev–Trinajstić information content (AvgIpc) is 2.58. The molecular formula is C10H10F4N2O6. The Balaban J connectivity index is 2.69. The van der Waals surface area contributed by atoms with Crippen LogP contribution in [0.25, 0.3) is 0 Å². The van der Waals surface area contributed by atoms with E-state index in [4.69, 9.17) is 5.11 Å². The van der Waals surface area contributed by atoms with E-state index < -0.39 is 47.8 Å². The van der Waals surface area contributed by atoms with Gasteiger partial charge in [-0.2, -0.15) is 4.39 Å². The molecule has 8 nitrogen and oxygen atoms in total. The van der Waals surface area contributed by atoms with Gasteiger partial charge in [-0.3, -0.25) is 9.78 Å². The minimum absolute atomic E-state index is 0.331. The van der Waals surface area contributed by atoms with Gasteiger partial charge in [-0.15, -0.1) is 0 Å². The van der Waals surface area contributed by atoms with Crippen molar-refractivity contribution in [2.45, 2.75) is 30.0 Å². The minimum Gasteiger partial charge on any atom is -0.393 e. The van der Waals surface area contributed by atoms with Crippen LogP contribution in [0.3, 0.4) is 0 Å². The molecule has 0 unspecified atom stereocenters. The molecule has 1 saturated heterocycles. The number of aliphatic hydroxyl groups is 3. The zero-order valence-corrected chi connectivity index (χ0v) is 10.5. The molecule has 1 aliphatic heterocycles. The molecule has 2 rings (SSSR count). The number of hydrogen-bond donors (Lipinski definition) is 4. The van der Waals surface area contributed by atoms with Crippen molar-refractivity contribution in [2.75, 3.05) is 6.61 Å². The van der Waals surface area contributed by atoms with Crippen molar-refractivity contribution in [3.05, 3.63) is 33.1 Å². The third kappa shape index (κ3) is 1.91. The fourth-order valence-electron chi connectivity index (χ4n) is 2.09. The highest BCUT2D eigenvalue weighted by Crippen LogP contribution is 2.51. The zero-order valence-electron chi connectivity index (χ0n) is 10.5. The molecule has 124 valence electrons. The molecule has 0 amide bonds. The summed E-state index contributed by atoms with van der Waals surface area (Å²) in [5, 5.41) is 27.8. The van der Waals surface area contributed by atoms with Gasteiger partial charge < -0.3 is 20.1 Å². The number of ether oxygens (including phenoxy) is 1. The molecule has 4 N–H and O–H groups in total. The number of nitrogens with one attached hydrogen (secondary N) is 1. The van der Waals surface area contributed by atoms with E-state index in [1.807, 2.05) is 0 Å². The third-order valence-electron chi connectivity index (χ3n) is 3.33. The first-order valence-corrected chi connectivity index (χ1v) is 5.73. The predicted molar refractivity (Wildman–Crippen MR) is 59.4 cm³/mol. The second-order valence-electron chi connectivity index (χ2n) is 4.63. The standard InChI is InChI=1S/C10H10F4N2O6/c11-6(12)8(3-17)5(19)9(13,21)10(14,22-8)16-2-1-4(18)15-7(16)20/h1-2,5-6,17,19,21H,3H2,(H,15,18,20)/t5-,8-,9-,10+/m1/s1. The third-order valence-corrected chi connectivity index (χ3v) is 3.33. The monoisotopic (exact) mass is 330 g/mol. The number of hydrogen-bond acceptors (Lipinski definition) is 6. The Kier molecular flexibility index (Phi) is 3.68. The van der Waals surface area contributed by atoms with Gasteiger partial charge in [0.15, 0.2) is 11.7 Å². The van der Waals surface area contributed by atoms with Crippen LogP contribution in [0.2, 0.25) is 0 Å². The van der Waals surface area contributed by atoms with Crippen molar-refractivity contribution in [3.8, 4) is 0 Å². The second kappa shape index (κ2) is 4.87.